The van der Waals surface area contributed by atoms with Crippen molar-refractivity contribution >= 4 is 106 Å². The molecular weight excluding hydrogens is 1100 g/mol. The van der Waals surface area contributed by atoms with Crippen LogP contribution >= 0.6 is 38.6 Å². The van der Waals surface area contributed by atoms with Gasteiger partial charge in [0, 0.05) is 95.3 Å². The summed E-state index contributed by atoms with van der Waals surface area (Å²) in [4.78, 5) is 80.6. The fourth-order valence-electron chi connectivity index (χ4n) is 6.24. The summed E-state index contributed by atoms with van der Waals surface area (Å²) in [5.74, 6) is -1.65. The monoisotopic (exact) mass is 1150 g/mol. The van der Waals surface area contributed by atoms with Crippen molar-refractivity contribution in [2.24, 2.45) is 0 Å². The average Bonchev–Trinajstić information content (AvgIpc) is 4.02. The van der Waals surface area contributed by atoms with Gasteiger partial charge in [0.1, 0.15) is 9.61 Å². The maximum absolute atomic E-state index is 12.5. The second-order valence-corrected chi connectivity index (χ2v) is 23.8. The molecule has 6 rings (SSSR count). The molecule has 0 bridgehead atoms. The Morgan fingerprint density at radius 3 is 1.49 bits per heavy atom. The number of thiazole rings is 1. The number of ketones is 2. The van der Waals surface area contributed by atoms with Crippen LogP contribution in [0.2, 0.25) is 0 Å². The number of sulfonamides is 2. The van der Waals surface area contributed by atoms with Crippen molar-refractivity contribution < 1.29 is 55.7 Å². The number of hydrogen-bond donors (Lipinski definition) is 4. The number of benzene rings is 4. The summed E-state index contributed by atoms with van der Waals surface area (Å²) >= 11 is 6.00. The summed E-state index contributed by atoms with van der Waals surface area (Å²) in [5.41, 5.74) is 3.47. The maximum Gasteiger partial charge on any atom is 0.488 e. The first kappa shape index (κ1) is 60.3. The highest BCUT2D eigenvalue weighted by Crippen LogP contribution is 2.27. The second-order valence-electron chi connectivity index (χ2n) is 16.8. The summed E-state index contributed by atoms with van der Waals surface area (Å²) in [5, 5.41) is 27.2. The number of rotatable bonds is 18. The van der Waals surface area contributed by atoms with Crippen LogP contribution < -0.4 is 16.1 Å². The first-order valence-corrected chi connectivity index (χ1v) is 27.5. The van der Waals surface area contributed by atoms with Gasteiger partial charge >= 0.3 is 7.12 Å². The zero-order valence-electron chi connectivity index (χ0n) is 41.6. The van der Waals surface area contributed by atoms with Gasteiger partial charge < -0.3 is 30.5 Å². The van der Waals surface area contributed by atoms with Crippen LogP contribution in [-0.2, 0) is 42.5 Å². The van der Waals surface area contributed by atoms with Gasteiger partial charge in [-0.05, 0) is 105 Å². The minimum atomic E-state index is -3.67. The second kappa shape index (κ2) is 27.3. The molecule has 2 heterocycles. The van der Waals surface area contributed by atoms with Crippen LogP contribution in [0.5, 0.6) is 0 Å². The van der Waals surface area contributed by atoms with E-state index in [9.17, 15) is 45.6 Å². The third-order valence-corrected chi connectivity index (χ3v) is 16.3. The van der Waals surface area contributed by atoms with E-state index in [0.29, 0.717) is 26.2 Å². The van der Waals surface area contributed by atoms with E-state index < -0.39 is 39.0 Å². The Morgan fingerprint density at radius 1 is 0.568 bits per heavy atom. The van der Waals surface area contributed by atoms with Gasteiger partial charge in [0.25, 0.3) is 23.6 Å². The molecule has 0 atom stereocenters. The quantitative estimate of drug-likeness (QED) is 0.0897. The number of Topliss-reactive ketones (excluding diaryl/α,β-unsaturated/α-hetero) is 2. The summed E-state index contributed by atoms with van der Waals surface area (Å²) in [6.07, 6.45) is 0.280. The van der Waals surface area contributed by atoms with E-state index in [0.717, 1.165) is 24.6 Å². The number of amides is 4. The topological polar surface area (TPSA) is 261 Å². The lowest BCUT2D eigenvalue weighted by Gasteiger charge is -2.12. The third-order valence-electron chi connectivity index (χ3n) is 10.2. The number of aromatic nitrogens is 1. The van der Waals surface area contributed by atoms with Gasteiger partial charge in [-0.1, -0.05) is 36.4 Å². The molecule has 4 N–H and O–H groups in total. The average molecular weight is 1150 g/mol. The molecule has 0 saturated heterocycles. The number of nitrogens with one attached hydrogen (secondary N) is 2. The van der Waals surface area contributed by atoms with Crippen LogP contribution in [0.15, 0.2) is 128 Å². The molecular formula is C49H55BBrN7O12S4. The molecule has 392 valence electrons. The predicted octanol–water partition coefficient (Wildman–Crippen LogP) is 3.67. The molecule has 0 saturated carbocycles. The van der Waals surface area contributed by atoms with Crippen LogP contribution in [0.25, 0.3) is 11.1 Å². The number of hydrogen-bond acceptors (Lipinski definition) is 15. The molecule has 0 fully saturated rings. The minimum Gasteiger partial charge on any atom is -0.423 e. The molecule has 25 heteroatoms. The Bertz CT molecular complexity index is 3220. The van der Waals surface area contributed by atoms with E-state index in [-0.39, 0.29) is 70.2 Å². The maximum atomic E-state index is 12.5. The van der Waals surface area contributed by atoms with Crippen LogP contribution in [-0.4, -0.2) is 162 Å². The van der Waals surface area contributed by atoms with E-state index in [1.165, 1.54) is 115 Å². The highest BCUT2D eigenvalue weighted by molar-refractivity contribution is 9.10. The van der Waals surface area contributed by atoms with E-state index in [2.05, 4.69) is 31.5 Å². The molecule has 74 heavy (non-hydrogen) atoms. The van der Waals surface area contributed by atoms with Gasteiger partial charge in [0.05, 0.1) is 29.3 Å². The SMILES string of the molecule is CN(C)C(=O)c1cccc(-c2csc(CC(=O)CNC(=O)c3cccc(S(=O)(=O)N(C)C)c3)c2)c1.CN(C)C(=O)c1cccc(B(O)O)c1.CN(C)S(=O)(=O)c1cccc(C(=O)NCC(=O)Cc2nc(Br)cs2)c1. The van der Waals surface area contributed by atoms with Gasteiger partial charge in [-0.15, -0.1) is 22.7 Å². The van der Waals surface area contributed by atoms with Crippen molar-refractivity contribution in [3.63, 3.8) is 0 Å². The summed E-state index contributed by atoms with van der Waals surface area (Å²) < 4.78 is 51.6. The van der Waals surface area contributed by atoms with Crippen molar-refractivity contribution in [1.29, 1.82) is 0 Å². The van der Waals surface area contributed by atoms with Gasteiger partial charge in [0.2, 0.25) is 20.0 Å². The van der Waals surface area contributed by atoms with Crippen molar-refractivity contribution in [3.05, 3.63) is 151 Å². The fraction of sp³-hybridized carbons (Fsp3) is 0.245. The van der Waals surface area contributed by atoms with Crippen molar-refractivity contribution in [2.75, 3.05) is 69.5 Å². The number of thiophene rings is 1. The molecule has 4 amide bonds. The molecule has 0 spiro atoms. The van der Waals surface area contributed by atoms with Crippen LogP contribution in [0, 0.1) is 0 Å². The van der Waals surface area contributed by atoms with Gasteiger partial charge in [-0.25, -0.2) is 30.4 Å². The molecule has 0 unspecified atom stereocenters. The standard InChI is InChI=1S/C25H27N3O5S2.C15H16BrN3O4S2.C9H12BNO3/c1-27(2)25(31)19-9-5-7-17(11-19)20-12-22(34-16-20)14-21(29)15-26-24(30)18-8-6-10-23(13-18)35(32,33)28(3)4;1-19(2)25(22,23)12-5-3-4-10(6-12)15(21)17-8-11(20)7-14-18-13(16)9-24-14;1-11(2)9(12)7-4-3-5-8(6-7)10(13)14/h5-13,16H,14-15H2,1-4H3,(H,26,30);3-6,9H,7-8H2,1-2H3,(H,17,21);3-6,13-14H,1-2H3. The number of carbonyl (C=O) groups excluding carboxylic acids is 6. The summed E-state index contributed by atoms with van der Waals surface area (Å²) in [6, 6.07) is 26.8. The lowest BCUT2D eigenvalue weighted by atomic mass is 9.79. The Hall–Kier alpha value is -6.29. The van der Waals surface area contributed by atoms with Crippen LogP contribution in [0.3, 0.4) is 0 Å². The predicted molar refractivity (Wildman–Crippen MR) is 289 cm³/mol. The summed E-state index contributed by atoms with van der Waals surface area (Å²) in [6.45, 7) is -0.329. The van der Waals surface area contributed by atoms with E-state index in [1.54, 1.807) is 57.8 Å². The van der Waals surface area contributed by atoms with Gasteiger partial charge in [-0.2, -0.15) is 0 Å². The minimum absolute atomic E-state index is 0.00365. The van der Waals surface area contributed by atoms with Crippen LogP contribution in [0.4, 0.5) is 0 Å². The molecule has 0 aliphatic rings. The number of carbonyl (C=O) groups is 6. The first-order valence-electron chi connectivity index (χ1n) is 22.0. The van der Waals surface area contributed by atoms with E-state index in [1.807, 2.05) is 29.6 Å². The third kappa shape index (κ3) is 17.4. The fourth-order valence-corrected chi connectivity index (χ4v) is 10.4. The van der Waals surface area contributed by atoms with E-state index in [4.69, 9.17) is 10.0 Å². The van der Waals surface area contributed by atoms with Crippen LogP contribution in [0.1, 0.15) is 51.3 Å². The Labute approximate surface area is 447 Å². The normalized spacial score (nSPS) is 11.1. The number of nitrogens with zero attached hydrogens (tertiary/aromatic N) is 5. The smallest absolute Gasteiger partial charge is 0.423 e. The lowest BCUT2D eigenvalue weighted by Crippen LogP contribution is -2.31. The first-order chi connectivity index (χ1) is 34.7. The molecule has 4 aromatic carbocycles. The van der Waals surface area contributed by atoms with Crippen molar-refractivity contribution in [1.82, 2.24) is 34.0 Å². The molecule has 19 nitrogen and oxygen atoms in total. The molecule has 0 aliphatic heterocycles. The molecule has 0 radical (unpaired) electrons. The molecule has 0 aliphatic carbocycles. The number of halogens is 1. The zero-order valence-corrected chi connectivity index (χ0v) is 46.5. The lowest BCUT2D eigenvalue weighted by molar-refractivity contribution is -0.118. The Morgan fingerprint density at radius 2 is 1.03 bits per heavy atom. The van der Waals surface area contributed by atoms with Gasteiger partial charge in [0.15, 0.2) is 11.6 Å². The zero-order chi connectivity index (χ0) is 55.1. The van der Waals surface area contributed by atoms with Gasteiger partial charge in [-0.3, -0.25) is 28.8 Å². The largest absolute Gasteiger partial charge is 0.488 e. The molecule has 6 aromatic rings. The molecule has 2 aromatic heterocycles. The van der Waals surface area contributed by atoms with Crippen molar-refractivity contribution in [2.45, 2.75) is 22.6 Å². The highest BCUT2D eigenvalue weighted by atomic mass is 79.9. The van der Waals surface area contributed by atoms with Crippen molar-refractivity contribution in [3.8, 4) is 11.1 Å². The highest BCUT2D eigenvalue weighted by Gasteiger charge is 2.21. The Balaban J connectivity index is 0.000000264. The van der Waals surface area contributed by atoms with E-state index >= 15 is 0 Å². The summed E-state index contributed by atoms with van der Waals surface area (Å²) in [7, 11) is 3.50. The Kier molecular flexibility index (Phi) is 22.2.